The minimum absolute atomic E-state index is 0.205. The van der Waals surface area contributed by atoms with Crippen LogP contribution in [0.4, 0.5) is 0 Å². The number of nitriles is 1. The summed E-state index contributed by atoms with van der Waals surface area (Å²) in [6.07, 6.45) is 0. The van der Waals surface area contributed by atoms with E-state index in [4.69, 9.17) is 10.00 Å². The van der Waals surface area contributed by atoms with E-state index in [1.807, 2.05) is 6.07 Å². The maximum absolute atomic E-state index is 11.6. The van der Waals surface area contributed by atoms with Gasteiger partial charge in [-0.2, -0.15) is 5.26 Å². The van der Waals surface area contributed by atoms with Crippen LogP contribution in [0, 0.1) is 11.3 Å². The van der Waals surface area contributed by atoms with Gasteiger partial charge in [0.1, 0.15) is 0 Å². The largest absolute Gasteiger partial charge is 0.465 e. The summed E-state index contributed by atoms with van der Waals surface area (Å²) >= 11 is 0.971. The fraction of sp³-hybridized carbons (Fsp3) is 0.308. The second-order valence-electron chi connectivity index (χ2n) is 3.37. The standard InChI is InChI=1S/C13H13NO4S/c1-3-18-13(16)11(8-14)19-10-7-5-4-6-9(10)12(15)17-2/h4-7,11H,3H2,1-2H3. The molecule has 100 valence electrons. The fourth-order valence-corrected chi connectivity index (χ4v) is 2.23. The van der Waals surface area contributed by atoms with Gasteiger partial charge in [-0.25, -0.2) is 9.59 Å². The molecule has 0 bridgehead atoms. The van der Waals surface area contributed by atoms with Crippen molar-refractivity contribution in [1.82, 2.24) is 0 Å². The Bertz CT molecular complexity index is 510. The Morgan fingerprint density at radius 1 is 1.42 bits per heavy atom. The van der Waals surface area contributed by atoms with E-state index in [9.17, 15) is 9.59 Å². The molecule has 1 aromatic carbocycles. The number of nitrogens with zero attached hydrogens (tertiary/aromatic N) is 1. The first-order valence-electron chi connectivity index (χ1n) is 5.54. The first-order chi connectivity index (χ1) is 9.13. The minimum Gasteiger partial charge on any atom is -0.465 e. The van der Waals surface area contributed by atoms with Gasteiger partial charge in [0.2, 0.25) is 0 Å². The highest BCUT2D eigenvalue weighted by Gasteiger charge is 2.23. The molecule has 1 rings (SSSR count). The van der Waals surface area contributed by atoms with E-state index in [2.05, 4.69) is 4.74 Å². The summed E-state index contributed by atoms with van der Waals surface area (Å²) in [4.78, 5) is 23.6. The zero-order valence-corrected chi connectivity index (χ0v) is 11.4. The van der Waals surface area contributed by atoms with Crippen molar-refractivity contribution < 1.29 is 19.1 Å². The van der Waals surface area contributed by atoms with Crippen LogP contribution in [0.1, 0.15) is 17.3 Å². The van der Waals surface area contributed by atoms with Crippen LogP contribution in [0.3, 0.4) is 0 Å². The van der Waals surface area contributed by atoms with Crippen molar-refractivity contribution in [2.24, 2.45) is 0 Å². The molecule has 6 heteroatoms. The molecule has 0 aliphatic heterocycles. The van der Waals surface area contributed by atoms with Crippen LogP contribution in [0.2, 0.25) is 0 Å². The Morgan fingerprint density at radius 2 is 2.11 bits per heavy atom. The van der Waals surface area contributed by atoms with Crippen LogP contribution in [0.25, 0.3) is 0 Å². The van der Waals surface area contributed by atoms with Gasteiger partial charge in [-0.3, -0.25) is 0 Å². The maximum atomic E-state index is 11.6. The summed E-state index contributed by atoms with van der Waals surface area (Å²) < 4.78 is 9.44. The third kappa shape index (κ3) is 4.00. The molecule has 1 unspecified atom stereocenters. The van der Waals surface area contributed by atoms with Crippen molar-refractivity contribution in [3.63, 3.8) is 0 Å². The van der Waals surface area contributed by atoms with E-state index in [0.29, 0.717) is 10.5 Å². The lowest BCUT2D eigenvalue weighted by Crippen LogP contribution is -2.19. The van der Waals surface area contributed by atoms with Gasteiger partial charge in [-0.05, 0) is 19.1 Å². The van der Waals surface area contributed by atoms with Gasteiger partial charge in [0.15, 0.2) is 5.25 Å². The van der Waals surface area contributed by atoms with Crippen molar-refractivity contribution in [3.05, 3.63) is 29.8 Å². The highest BCUT2D eigenvalue weighted by Crippen LogP contribution is 2.27. The Morgan fingerprint density at radius 3 is 2.68 bits per heavy atom. The monoisotopic (exact) mass is 279 g/mol. The SMILES string of the molecule is CCOC(=O)C(C#N)Sc1ccccc1C(=O)OC. The Labute approximate surface area is 115 Å². The highest BCUT2D eigenvalue weighted by molar-refractivity contribution is 8.01. The number of ether oxygens (including phenoxy) is 2. The van der Waals surface area contributed by atoms with Crippen molar-refractivity contribution >= 4 is 23.7 Å². The molecule has 0 spiro atoms. The fourth-order valence-electron chi connectivity index (χ4n) is 1.32. The molecule has 0 heterocycles. The molecule has 0 amide bonds. The zero-order valence-electron chi connectivity index (χ0n) is 10.6. The number of hydrogen-bond acceptors (Lipinski definition) is 6. The van der Waals surface area contributed by atoms with Gasteiger partial charge in [0.25, 0.3) is 0 Å². The van der Waals surface area contributed by atoms with Gasteiger partial charge in [-0.1, -0.05) is 23.9 Å². The van der Waals surface area contributed by atoms with E-state index in [-0.39, 0.29) is 6.61 Å². The second kappa shape index (κ2) is 7.44. The Balaban J connectivity index is 2.95. The molecule has 1 atom stereocenters. The van der Waals surface area contributed by atoms with Crippen LogP contribution in [0.5, 0.6) is 0 Å². The van der Waals surface area contributed by atoms with E-state index < -0.39 is 17.2 Å². The topological polar surface area (TPSA) is 76.4 Å². The smallest absolute Gasteiger partial charge is 0.338 e. The van der Waals surface area contributed by atoms with Crippen LogP contribution >= 0.6 is 11.8 Å². The maximum Gasteiger partial charge on any atom is 0.338 e. The minimum atomic E-state index is -1.01. The van der Waals surface area contributed by atoms with Crippen LogP contribution in [-0.4, -0.2) is 30.9 Å². The molecule has 0 N–H and O–H groups in total. The molecule has 0 aliphatic rings. The molecule has 0 aliphatic carbocycles. The number of carbonyl (C=O) groups is 2. The highest BCUT2D eigenvalue weighted by atomic mass is 32.2. The third-order valence-electron chi connectivity index (χ3n) is 2.16. The van der Waals surface area contributed by atoms with Crippen molar-refractivity contribution in [2.75, 3.05) is 13.7 Å². The van der Waals surface area contributed by atoms with Crippen LogP contribution < -0.4 is 0 Å². The quantitative estimate of drug-likeness (QED) is 0.606. The average Bonchev–Trinajstić information content (AvgIpc) is 2.44. The molecule has 0 radical (unpaired) electrons. The molecule has 1 aromatic rings. The second-order valence-corrected chi connectivity index (χ2v) is 4.51. The summed E-state index contributed by atoms with van der Waals surface area (Å²) in [6, 6.07) is 8.49. The van der Waals surface area contributed by atoms with Crippen molar-refractivity contribution in [3.8, 4) is 6.07 Å². The van der Waals surface area contributed by atoms with Crippen LogP contribution in [0.15, 0.2) is 29.2 Å². The molecule has 0 saturated carbocycles. The molecule has 0 fully saturated rings. The molecular weight excluding hydrogens is 266 g/mol. The summed E-state index contributed by atoms with van der Waals surface area (Å²) in [5.41, 5.74) is 0.319. The average molecular weight is 279 g/mol. The molecule has 5 nitrogen and oxygen atoms in total. The summed E-state index contributed by atoms with van der Waals surface area (Å²) in [5, 5.41) is 7.97. The predicted octanol–water partition coefficient (Wildman–Crippen LogP) is 2.02. The summed E-state index contributed by atoms with van der Waals surface area (Å²) in [5.74, 6) is -1.13. The van der Waals surface area contributed by atoms with Crippen molar-refractivity contribution in [2.45, 2.75) is 17.1 Å². The summed E-state index contributed by atoms with van der Waals surface area (Å²) in [7, 11) is 1.27. The number of esters is 2. The first-order valence-corrected chi connectivity index (χ1v) is 6.42. The number of hydrogen-bond donors (Lipinski definition) is 0. The molecule has 19 heavy (non-hydrogen) atoms. The van der Waals surface area contributed by atoms with Gasteiger partial charge >= 0.3 is 11.9 Å². The molecular formula is C13H13NO4S. The third-order valence-corrected chi connectivity index (χ3v) is 3.30. The van der Waals surface area contributed by atoms with Gasteiger partial charge < -0.3 is 9.47 Å². The first kappa shape index (κ1) is 15.1. The van der Waals surface area contributed by atoms with E-state index in [1.54, 1.807) is 31.2 Å². The van der Waals surface area contributed by atoms with E-state index in [1.165, 1.54) is 7.11 Å². The molecule has 0 saturated heterocycles. The van der Waals surface area contributed by atoms with Gasteiger partial charge in [0.05, 0.1) is 25.3 Å². The molecule has 0 aromatic heterocycles. The Kier molecular flexibility index (Phi) is 5.90. The van der Waals surface area contributed by atoms with Crippen LogP contribution in [-0.2, 0) is 14.3 Å². The number of benzene rings is 1. The number of methoxy groups -OCH3 is 1. The lowest BCUT2D eigenvalue weighted by molar-refractivity contribution is -0.141. The van der Waals surface area contributed by atoms with E-state index in [0.717, 1.165) is 11.8 Å². The number of carbonyl (C=O) groups excluding carboxylic acids is 2. The summed E-state index contributed by atoms with van der Waals surface area (Å²) in [6.45, 7) is 1.87. The normalized spacial score (nSPS) is 11.2. The number of rotatable bonds is 5. The Hall–Kier alpha value is -2.00. The van der Waals surface area contributed by atoms with Crippen molar-refractivity contribution in [1.29, 1.82) is 5.26 Å². The van der Waals surface area contributed by atoms with Gasteiger partial charge in [0, 0.05) is 4.90 Å². The predicted molar refractivity (Wildman–Crippen MR) is 69.7 cm³/mol. The van der Waals surface area contributed by atoms with E-state index >= 15 is 0 Å². The zero-order chi connectivity index (χ0) is 14.3. The van der Waals surface area contributed by atoms with Gasteiger partial charge in [-0.15, -0.1) is 0 Å². The lowest BCUT2D eigenvalue weighted by atomic mass is 10.2. The lowest BCUT2D eigenvalue weighted by Gasteiger charge is -2.10. The number of thioether (sulfide) groups is 1.